The fraction of sp³-hybridized carbons (Fsp3) is 0.316. The molecule has 2 heterocycles. The van der Waals surface area contributed by atoms with Gasteiger partial charge in [-0.25, -0.2) is 0 Å². The minimum Gasteiger partial charge on any atom is -0.464 e. The van der Waals surface area contributed by atoms with Crippen LogP contribution in [-0.4, -0.2) is 22.6 Å². The molecule has 0 aliphatic carbocycles. The number of nitrogens with one attached hydrogen (secondary N) is 1. The van der Waals surface area contributed by atoms with Gasteiger partial charge >= 0.3 is 0 Å². The Morgan fingerprint density at radius 3 is 2.32 bits per heavy atom. The van der Waals surface area contributed by atoms with Gasteiger partial charge in [0.25, 0.3) is 5.91 Å². The molecule has 0 bridgehead atoms. The van der Waals surface area contributed by atoms with Gasteiger partial charge in [-0.15, -0.1) is 0 Å². The molecule has 1 aliphatic rings. The lowest BCUT2D eigenvalue weighted by Crippen LogP contribution is -2.28. The molecule has 6 nitrogen and oxygen atoms in total. The minimum atomic E-state index is -0.235. The maximum Gasteiger partial charge on any atom is 0.251 e. The van der Waals surface area contributed by atoms with Crippen LogP contribution >= 0.6 is 0 Å². The number of aryl methyl sites for hydroxylation is 1. The Morgan fingerprint density at radius 1 is 1.12 bits per heavy atom. The Labute approximate surface area is 145 Å². The van der Waals surface area contributed by atoms with Crippen LogP contribution in [-0.2, 0) is 16.1 Å². The molecule has 1 N–H and O–H groups in total. The molecule has 2 aromatic rings. The number of imide groups is 1. The summed E-state index contributed by atoms with van der Waals surface area (Å²) >= 11 is 0. The van der Waals surface area contributed by atoms with E-state index in [1.165, 1.54) is 4.90 Å². The van der Waals surface area contributed by atoms with Gasteiger partial charge in [0.1, 0.15) is 11.5 Å². The van der Waals surface area contributed by atoms with Crippen molar-refractivity contribution in [2.45, 2.75) is 39.3 Å². The number of benzene rings is 1. The predicted octanol–water partition coefficient (Wildman–Crippen LogP) is 2.73. The molecule has 0 radical (unpaired) electrons. The van der Waals surface area contributed by atoms with Crippen LogP contribution in [0.5, 0.6) is 0 Å². The van der Waals surface area contributed by atoms with Crippen LogP contribution in [0.25, 0.3) is 0 Å². The third-order valence-corrected chi connectivity index (χ3v) is 4.25. The molecular weight excluding hydrogens is 320 g/mol. The highest BCUT2D eigenvalue weighted by atomic mass is 16.3. The highest BCUT2D eigenvalue weighted by Gasteiger charge is 2.28. The molecule has 3 amide bonds. The number of hydrogen-bond acceptors (Lipinski definition) is 4. The van der Waals surface area contributed by atoms with E-state index in [1.54, 1.807) is 24.3 Å². The first-order valence-corrected chi connectivity index (χ1v) is 8.23. The maximum absolute atomic E-state index is 12.3. The van der Waals surface area contributed by atoms with E-state index in [1.807, 2.05) is 26.0 Å². The molecule has 130 valence electrons. The van der Waals surface area contributed by atoms with E-state index in [2.05, 4.69) is 5.32 Å². The van der Waals surface area contributed by atoms with Crippen molar-refractivity contribution in [2.24, 2.45) is 0 Å². The van der Waals surface area contributed by atoms with Crippen LogP contribution in [0, 0.1) is 6.92 Å². The summed E-state index contributed by atoms with van der Waals surface area (Å²) in [4.78, 5) is 36.9. The van der Waals surface area contributed by atoms with Crippen LogP contribution < -0.4 is 5.32 Å². The Morgan fingerprint density at radius 2 is 1.76 bits per heavy atom. The van der Waals surface area contributed by atoms with Crippen LogP contribution in [0.3, 0.4) is 0 Å². The van der Waals surface area contributed by atoms with Crippen LogP contribution in [0.4, 0.5) is 0 Å². The lowest BCUT2D eigenvalue weighted by Gasteiger charge is -2.14. The fourth-order valence-electron chi connectivity index (χ4n) is 2.78. The topological polar surface area (TPSA) is 79.6 Å². The first-order chi connectivity index (χ1) is 11.9. The fourth-order valence-corrected chi connectivity index (χ4v) is 2.78. The van der Waals surface area contributed by atoms with E-state index in [4.69, 9.17) is 4.42 Å². The molecule has 0 saturated carbocycles. The van der Waals surface area contributed by atoms with Crippen molar-refractivity contribution in [1.82, 2.24) is 10.2 Å². The Bertz CT molecular complexity index is 791. The lowest BCUT2D eigenvalue weighted by atomic mass is 10.1. The summed E-state index contributed by atoms with van der Waals surface area (Å²) in [6, 6.07) is 10.4. The number of carbonyl (C=O) groups excluding carboxylic acids is 3. The van der Waals surface area contributed by atoms with Gasteiger partial charge < -0.3 is 9.73 Å². The summed E-state index contributed by atoms with van der Waals surface area (Å²) in [5.41, 5.74) is 1.33. The summed E-state index contributed by atoms with van der Waals surface area (Å²) in [7, 11) is 0. The summed E-state index contributed by atoms with van der Waals surface area (Å²) in [6.07, 6.45) is 0.562. The Balaban J connectivity index is 1.62. The normalized spacial score (nSPS) is 15.5. The van der Waals surface area contributed by atoms with E-state index in [0.717, 1.165) is 11.3 Å². The molecule has 0 spiro atoms. The molecule has 3 rings (SSSR count). The molecule has 1 atom stereocenters. The second-order valence-corrected chi connectivity index (χ2v) is 6.21. The van der Waals surface area contributed by atoms with E-state index >= 15 is 0 Å². The van der Waals surface area contributed by atoms with Crippen molar-refractivity contribution in [3.8, 4) is 0 Å². The summed E-state index contributed by atoms with van der Waals surface area (Å²) in [5.74, 6) is 1.00. The molecule has 25 heavy (non-hydrogen) atoms. The van der Waals surface area contributed by atoms with Gasteiger partial charge in [-0.3, -0.25) is 19.3 Å². The highest BCUT2D eigenvalue weighted by molar-refractivity contribution is 6.01. The van der Waals surface area contributed by atoms with Crippen LogP contribution in [0.2, 0.25) is 0 Å². The summed E-state index contributed by atoms with van der Waals surface area (Å²) < 4.78 is 5.51. The van der Waals surface area contributed by atoms with Crippen molar-refractivity contribution in [1.29, 1.82) is 0 Å². The molecule has 6 heteroatoms. The molecule has 1 saturated heterocycles. The smallest absolute Gasteiger partial charge is 0.251 e. The predicted molar refractivity (Wildman–Crippen MR) is 90.6 cm³/mol. The van der Waals surface area contributed by atoms with Gasteiger partial charge in [-0.2, -0.15) is 0 Å². The van der Waals surface area contributed by atoms with Crippen molar-refractivity contribution >= 4 is 17.7 Å². The van der Waals surface area contributed by atoms with Gasteiger partial charge in [0.2, 0.25) is 11.8 Å². The highest BCUT2D eigenvalue weighted by Crippen LogP contribution is 2.18. The number of furan rings is 1. The zero-order valence-electron chi connectivity index (χ0n) is 14.2. The second kappa shape index (κ2) is 6.93. The molecular formula is C19H20N2O4. The quantitative estimate of drug-likeness (QED) is 0.849. The second-order valence-electron chi connectivity index (χ2n) is 6.21. The standard InChI is InChI=1S/C19H20N2O4/c1-12-3-8-16(25-12)13(2)20-19(24)15-6-4-14(5-7-15)11-21-17(22)9-10-18(21)23/h3-8,13H,9-11H2,1-2H3,(H,20,24)/t13-/m0/s1. The van der Waals surface area contributed by atoms with Crippen molar-refractivity contribution in [3.63, 3.8) is 0 Å². The van der Waals surface area contributed by atoms with Crippen molar-refractivity contribution < 1.29 is 18.8 Å². The zero-order chi connectivity index (χ0) is 18.0. The Hall–Kier alpha value is -2.89. The largest absolute Gasteiger partial charge is 0.464 e. The average molecular weight is 340 g/mol. The number of hydrogen-bond donors (Lipinski definition) is 1. The number of likely N-dealkylation sites (tertiary alicyclic amines) is 1. The zero-order valence-corrected chi connectivity index (χ0v) is 14.2. The first-order valence-electron chi connectivity index (χ1n) is 8.23. The summed E-state index contributed by atoms with van der Waals surface area (Å²) in [6.45, 7) is 3.96. The third kappa shape index (κ3) is 3.79. The van der Waals surface area contributed by atoms with Crippen LogP contribution in [0.1, 0.15) is 53.2 Å². The average Bonchev–Trinajstić information content (AvgIpc) is 3.16. The Kier molecular flexibility index (Phi) is 4.70. The molecule has 0 unspecified atom stereocenters. The number of amides is 3. The molecule has 1 aliphatic heterocycles. The van der Waals surface area contributed by atoms with Gasteiger partial charge in [-0.1, -0.05) is 12.1 Å². The number of carbonyl (C=O) groups is 3. The SMILES string of the molecule is Cc1ccc([C@H](C)NC(=O)c2ccc(CN3C(=O)CCC3=O)cc2)o1. The third-order valence-electron chi connectivity index (χ3n) is 4.25. The van der Waals surface area contributed by atoms with E-state index < -0.39 is 0 Å². The van der Waals surface area contributed by atoms with Gasteiger partial charge in [0.05, 0.1) is 12.6 Å². The maximum atomic E-state index is 12.3. The van der Waals surface area contributed by atoms with Gasteiger partial charge in [0.15, 0.2) is 0 Å². The molecule has 1 aromatic carbocycles. The van der Waals surface area contributed by atoms with Crippen molar-refractivity contribution in [2.75, 3.05) is 0 Å². The summed E-state index contributed by atoms with van der Waals surface area (Å²) in [5, 5.41) is 2.88. The number of nitrogens with zero attached hydrogens (tertiary/aromatic N) is 1. The van der Waals surface area contributed by atoms with E-state index in [0.29, 0.717) is 11.3 Å². The van der Waals surface area contributed by atoms with Crippen LogP contribution in [0.15, 0.2) is 40.8 Å². The molecule has 1 fully saturated rings. The monoisotopic (exact) mass is 340 g/mol. The lowest BCUT2D eigenvalue weighted by molar-refractivity contribution is -0.139. The first kappa shape index (κ1) is 17.0. The van der Waals surface area contributed by atoms with E-state index in [9.17, 15) is 14.4 Å². The molecule has 1 aromatic heterocycles. The number of rotatable bonds is 5. The van der Waals surface area contributed by atoms with Gasteiger partial charge in [-0.05, 0) is 43.7 Å². The van der Waals surface area contributed by atoms with E-state index in [-0.39, 0.29) is 43.1 Å². The van der Waals surface area contributed by atoms with Crippen molar-refractivity contribution in [3.05, 3.63) is 59.0 Å². The van der Waals surface area contributed by atoms with Gasteiger partial charge in [0, 0.05) is 18.4 Å². The minimum absolute atomic E-state index is 0.144.